The Bertz CT molecular complexity index is 600. The average Bonchev–Trinajstić information content (AvgIpc) is 2.41. The van der Waals surface area contributed by atoms with Gasteiger partial charge in [-0.2, -0.15) is 0 Å². The highest BCUT2D eigenvalue weighted by molar-refractivity contribution is 6.33. The molecule has 2 aromatic carbocycles. The van der Waals surface area contributed by atoms with Crippen LogP contribution >= 0.6 is 23.2 Å². The molecule has 2 rings (SSSR count). The van der Waals surface area contributed by atoms with Gasteiger partial charge >= 0.3 is 0 Å². The van der Waals surface area contributed by atoms with E-state index in [1.54, 1.807) is 36.4 Å². The van der Waals surface area contributed by atoms with Crippen molar-refractivity contribution in [2.75, 3.05) is 0 Å². The van der Waals surface area contributed by atoms with Crippen molar-refractivity contribution in [3.63, 3.8) is 0 Å². The first-order valence-electron chi connectivity index (χ1n) is 5.98. The number of hydrogen-bond acceptors (Lipinski definition) is 1. The van der Waals surface area contributed by atoms with Gasteiger partial charge in [-0.3, -0.25) is 0 Å². The number of benzene rings is 2. The number of nitrogens with two attached hydrogens (primary N) is 1. The highest BCUT2D eigenvalue weighted by atomic mass is 35.5. The van der Waals surface area contributed by atoms with Crippen molar-refractivity contribution in [2.45, 2.75) is 18.9 Å². The van der Waals surface area contributed by atoms with Crippen LogP contribution < -0.4 is 5.73 Å². The van der Waals surface area contributed by atoms with Crippen LogP contribution in [-0.4, -0.2) is 0 Å². The molecule has 0 saturated heterocycles. The van der Waals surface area contributed by atoms with Gasteiger partial charge in [0.2, 0.25) is 0 Å². The van der Waals surface area contributed by atoms with Crippen LogP contribution in [0.5, 0.6) is 0 Å². The van der Waals surface area contributed by atoms with Gasteiger partial charge in [0.25, 0.3) is 0 Å². The molecule has 0 aliphatic rings. The van der Waals surface area contributed by atoms with Gasteiger partial charge in [-0.1, -0.05) is 48.3 Å². The molecule has 1 atom stereocenters. The maximum Gasteiger partial charge on any atom is 0.128 e. The van der Waals surface area contributed by atoms with Crippen molar-refractivity contribution < 1.29 is 4.39 Å². The van der Waals surface area contributed by atoms with Crippen LogP contribution in [0.1, 0.15) is 24.5 Å². The molecule has 1 nitrogen and oxygen atoms in total. The summed E-state index contributed by atoms with van der Waals surface area (Å²) in [5.41, 5.74) is 6.49. The standard InChI is InChI=1S/C15H14Cl2FN/c1-2-15(19,11-5-3-4-6-14(11)18)12-9-10(16)7-8-13(12)17/h3-9H,2,19H2,1H3. The summed E-state index contributed by atoms with van der Waals surface area (Å²) in [6, 6.07) is 11.5. The summed E-state index contributed by atoms with van der Waals surface area (Å²) in [4.78, 5) is 0. The minimum absolute atomic E-state index is 0.345. The van der Waals surface area contributed by atoms with Gasteiger partial charge in [0.05, 0.1) is 5.54 Å². The van der Waals surface area contributed by atoms with Gasteiger partial charge in [-0.05, 0) is 36.2 Å². The lowest BCUT2D eigenvalue weighted by molar-refractivity contribution is 0.479. The van der Waals surface area contributed by atoms with E-state index in [0.717, 1.165) is 0 Å². The van der Waals surface area contributed by atoms with E-state index in [4.69, 9.17) is 28.9 Å². The van der Waals surface area contributed by atoms with Crippen molar-refractivity contribution in [3.05, 3.63) is 69.5 Å². The molecule has 100 valence electrons. The summed E-state index contributed by atoms with van der Waals surface area (Å²) in [5, 5.41) is 1.01. The van der Waals surface area contributed by atoms with E-state index in [1.165, 1.54) is 6.07 Å². The predicted molar refractivity (Wildman–Crippen MR) is 78.1 cm³/mol. The van der Waals surface area contributed by atoms with Crippen LogP contribution in [0.2, 0.25) is 10.0 Å². The Morgan fingerprint density at radius 1 is 1.11 bits per heavy atom. The first-order chi connectivity index (χ1) is 8.99. The number of rotatable bonds is 3. The minimum atomic E-state index is -0.993. The third kappa shape index (κ3) is 2.62. The molecule has 0 aliphatic carbocycles. The molecule has 0 amide bonds. The molecule has 0 fully saturated rings. The second-order valence-corrected chi connectivity index (χ2v) is 5.27. The molecule has 2 aromatic rings. The van der Waals surface area contributed by atoms with Crippen molar-refractivity contribution in [3.8, 4) is 0 Å². The van der Waals surface area contributed by atoms with Gasteiger partial charge in [0.1, 0.15) is 5.82 Å². The van der Waals surface area contributed by atoms with Gasteiger partial charge in [-0.15, -0.1) is 0 Å². The lowest BCUT2D eigenvalue weighted by Gasteiger charge is -2.30. The molecule has 0 heterocycles. The van der Waals surface area contributed by atoms with Gasteiger partial charge in [-0.25, -0.2) is 4.39 Å². The summed E-state index contributed by atoms with van der Waals surface area (Å²) in [6.45, 7) is 1.89. The van der Waals surface area contributed by atoms with E-state index < -0.39 is 5.54 Å². The van der Waals surface area contributed by atoms with Gasteiger partial charge in [0, 0.05) is 15.6 Å². The van der Waals surface area contributed by atoms with Crippen LogP contribution in [0, 0.1) is 5.82 Å². The fraction of sp³-hybridized carbons (Fsp3) is 0.200. The molecule has 0 radical (unpaired) electrons. The third-order valence-electron chi connectivity index (χ3n) is 3.32. The SMILES string of the molecule is CCC(N)(c1ccccc1F)c1cc(Cl)ccc1Cl. The van der Waals surface area contributed by atoms with E-state index in [0.29, 0.717) is 27.6 Å². The molecule has 1 unspecified atom stereocenters. The van der Waals surface area contributed by atoms with Crippen molar-refractivity contribution in [1.82, 2.24) is 0 Å². The van der Waals surface area contributed by atoms with Gasteiger partial charge in [0.15, 0.2) is 0 Å². The number of halogens is 3. The average molecular weight is 298 g/mol. The topological polar surface area (TPSA) is 26.0 Å². The highest BCUT2D eigenvalue weighted by Gasteiger charge is 2.32. The second kappa shape index (κ2) is 5.49. The van der Waals surface area contributed by atoms with Crippen LogP contribution in [0.4, 0.5) is 4.39 Å². The number of hydrogen-bond donors (Lipinski definition) is 1. The molecular weight excluding hydrogens is 284 g/mol. The summed E-state index contributed by atoms with van der Waals surface area (Å²) >= 11 is 12.2. The Morgan fingerprint density at radius 2 is 1.79 bits per heavy atom. The summed E-state index contributed by atoms with van der Waals surface area (Å²) in [5.74, 6) is -0.345. The Morgan fingerprint density at radius 3 is 2.42 bits per heavy atom. The third-order valence-corrected chi connectivity index (χ3v) is 3.89. The zero-order valence-corrected chi connectivity index (χ0v) is 12.0. The quantitative estimate of drug-likeness (QED) is 0.869. The molecule has 0 aliphatic heterocycles. The van der Waals surface area contributed by atoms with Crippen LogP contribution in [0.15, 0.2) is 42.5 Å². The summed E-state index contributed by atoms with van der Waals surface area (Å²) < 4.78 is 14.0. The minimum Gasteiger partial charge on any atom is -0.318 e. The lowest BCUT2D eigenvalue weighted by atomic mass is 9.81. The Kier molecular flexibility index (Phi) is 4.14. The maximum absolute atomic E-state index is 14.0. The normalized spacial score (nSPS) is 14.2. The van der Waals surface area contributed by atoms with Crippen molar-refractivity contribution >= 4 is 23.2 Å². The van der Waals surface area contributed by atoms with Gasteiger partial charge < -0.3 is 5.73 Å². The molecule has 4 heteroatoms. The summed E-state index contributed by atoms with van der Waals surface area (Å²) in [7, 11) is 0. The zero-order chi connectivity index (χ0) is 14.0. The fourth-order valence-electron chi connectivity index (χ4n) is 2.19. The van der Waals surface area contributed by atoms with E-state index in [2.05, 4.69) is 0 Å². The molecular formula is C15H14Cl2FN. The van der Waals surface area contributed by atoms with E-state index in [-0.39, 0.29) is 5.82 Å². The molecule has 19 heavy (non-hydrogen) atoms. The highest BCUT2D eigenvalue weighted by Crippen LogP contribution is 2.37. The lowest BCUT2D eigenvalue weighted by Crippen LogP contribution is -2.38. The maximum atomic E-state index is 14.0. The van der Waals surface area contributed by atoms with Crippen molar-refractivity contribution in [1.29, 1.82) is 0 Å². The smallest absolute Gasteiger partial charge is 0.128 e. The Labute approximate surface area is 122 Å². The molecule has 0 saturated carbocycles. The fourth-order valence-corrected chi connectivity index (χ4v) is 2.65. The predicted octanol–water partition coefficient (Wildman–Crippen LogP) is 4.74. The molecule has 0 aromatic heterocycles. The Balaban J connectivity index is 2.66. The first-order valence-corrected chi connectivity index (χ1v) is 6.74. The van der Waals surface area contributed by atoms with Crippen LogP contribution in [0.3, 0.4) is 0 Å². The Hall–Kier alpha value is -1.09. The zero-order valence-electron chi connectivity index (χ0n) is 10.5. The monoisotopic (exact) mass is 297 g/mol. The van der Waals surface area contributed by atoms with E-state index in [1.807, 2.05) is 6.92 Å². The molecule has 2 N–H and O–H groups in total. The largest absolute Gasteiger partial charge is 0.318 e. The van der Waals surface area contributed by atoms with E-state index in [9.17, 15) is 4.39 Å². The van der Waals surface area contributed by atoms with E-state index >= 15 is 0 Å². The first kappa shape index (κ1) is 14.3. The molecule has 0 spiro atoms. The second-order valence-electron chi connectivity index (χ2n) is 4.43. The molecule has 0 bridgehead atoms. The van der Waals surface area contributed by atoms with Crippen LogP contribution in [0.25, 0.3) is 0 Å². The van der Waals surface area contributed by atoms with Crippen molar-refractivity contribution in [2.24, 2.45) is 5.73 Å². The summed E-state index contributed by atoms with van der Waals surface area (Å²) in [6.07, 6.45) is 0.508. The van der Waals surface area contributed by atoms with Crippen LogP contribution in [-0.2, 0) is 5.54 Å².